The molecular formula is C27H24N2O6S. The third-order valence-corrected chi connectivity index (χ3v) is 7.09. The summed E-state index contributed by atoms with van der Waals surface area (Å²) in [4.78, 5) is 22.7. The highest BCUT2D eigenvalue weighted by Crippen LogP contribution is 2.44. The van der Waals surface area contributed by atoms with Crippen molar-refractivity contribution in [2.75, 3.05) is 19.7 Å². The highest BCUT2D eigenvalue weighted by molar-refractivity contribution is 7.89. The molecule has 3 aromatic rings. The molecule has 3 aromatic carbocycles. The van der Waals surface area contributed by atoms with Crippen molar-refractivity contribution in [3.63, 3.8) is 0 Å². The number of hydrogen-bond acceptors (Lipinski definition) is 5. The Morgan fingerprint density at radius 1 is 0.917 bits per heavy atom. The number of fused-ring (bicyclic) bond motifs is 3. The summed E-state index contributed by atoms with van der Waals surface area (Å²) in [6.45, 7) is -0.155. The van der Waals surface area contributed by atoms with E-state index in [4.69, 9.17) is 9.84 Å². The number of benzene rings is 3. The fraction of sp³-hybridized carbons (Fsp3) is 0.185. The summed E-state index contributed by atoms with van der Waals surface area (Å²) in [6.07, 6.45) is -0.133. The van der Waals surface area contributed by atoms with Crippen LogP contribution in [0.25, 0.3) is 11.1 Å². The van der Waals surface area contributed by atoms with Crippen molar-refractivity contribution in [2.45, 2.75) is 17.2 Å². The number of carboxylic acid groups (broad SMARTS) is 1. The Hall–Kier alpha value is -4.13. The molecule has 0 saturated carbocycles. The van der Waals surface area contributed by atoms with Crippen molar-refractivity contribution in [3.05, 3.63) is 89.5 Å². The van der Waals surface area contributed by atoms with Crippen molar-refractivity contribution in [1.29, 1.82) is 0 Å². The van der Waals surface area contributed by atoms with Crippen molar-refractivity contribution >= 4 is 22.1 Å². The van der Waals surface area contributed by atoms with Gasteiger partial charge in [-0.2, -0.15) is 4.72 Å². The van der Waals surface area contributed by atoms with Gasteiger partial charge in [0.05, 0.1) is 4.90 Å². The van der Waals surface area contributed by atoms with E-state index in [1.54, 1.807) is 0 Å². The molecule has 0 aromatic heterocycles. The molecule has 3 N–H and O–H groups in total. The number of nitrogens with one attached hydrogen (secondary N) is 2. The molecule has 0 saturated heterocycles. The normalized spacial score (nSPS) is 12.1. The van der Waals surface area contributed by atoms with Gasteiger partial charge in [-0.25, -0.2) is 13.2 Å². The van der Waals surface area contributed by atoms with E-state index in [9.17, 15) is 18.0 Å². The second-order valence-corrected chi connectivity index (χ2v) is 9.81. The number of amides is 1. The minimum Gasteiger partial charge on any atom is -0.480 e. The van der Waals surface area contributed by atoms with Gasteiger partial charge in [0, 0.05) is 24.4 Å². The summed E-state index contributed by atoms with van der Waals surface area (Å²) < 4.78 is 31.5. The van der Waals surface area contributed by atoms with Crippen molar-refractivity contribution in [1.82, 2.24) is 10.0 Å². The molecular weight excluding hydrogens is 480 g/mol. The Kier molecular flexibility index (Phi) is 7.68. The molecule has 0 aliphatic heterocycles. The number of carbonyl (C=O) groups excluding carboxylic acids is 1. The van der Waals surface area contributed by atoms with E-state index in [1.807, 2.05) is 29.0 Å². The van der Waals surface area contributed by atoms with Crippen LogP contribution in [0.2, 0.25) is 0 Å². The number of aliphatic carboxylic acids is 1. The molecule has 0 unspecified atom stereocenters. The topological polar surface area (TPSA) is 122 Å². The Labute approximate surface area is 209 Å². The smallest absolute Gasteiger partial charge is 0.407 e. The zero-order valence-corrected chi connectivity index (χ0v) is 20.0. The van der Waals surface area contributed by atoms with E-state index in [0.29, 0.717) is 18.5 Å². The first-order valence-corrected chi connectivity index (χ1v) is 12.7. The zero-order valence-electron chi connectivity index (χ0n) is 19.2. The van der Waals surface area contributed by atoms with E-state index in [0.717, 1.165) is 11.1 Å². The first-order chi connectivity index (χ1) is 17.3. The molecule has 1 aliphatic carbocycles. The minimum absolute atomic E-state index is 0.00550. The molecule has 9 heteroatoms. The van der Waals surface area contributed by atoms with Crippen LogP contribution in [0.15, 0.2) is 77.7 Å². The van der Waals surface area contributed by atoms with Crippen LogP contribution in [0.4, 0.5) is 4.79 Å². The van der Waals surface area contributed by atoms with E-state index in [-0.39, 0.29) is 17.4 Å². The quantitative estimate of drug-likeness (QED) is 0.320. The maximum atomic E-state index is 12.2. The molecule has 0 atom stereocenters. The number of sulfonamides is 1. The van der Waals surface area contributed by atoms with Gasteiger partial charge >= 0.3 is 12.1 Å². The number of rotatable bonds is 8. The minimum atomic E-state index is -3.90. The fourth-order valence-electron chi connectivity index (χ4n) is 4.00. The van der Waals surface area contributed by atoms with Gasteiger partial charge in [-0.1, -0.05) is 60.4 Å². The predicted molar refractivity (Wildman–Crippen MR) is 134 cm³/mol. The van der Waals surface area contributed by atoms with Gasteiger partial charge in [0.1, 0.15) is 13.2 Å². The molecule has 0 spiro atoms. The van der Waals surface area contributed by atoms with E-state index in [2.05, 4.69) is 41.4 Å². The highest BCUT2D eigenvalue weighted by atomic mass is 32.2. The van der Waals surface area contributed by atoms with Gasteiger partial charge in [-0.05, 0) is 46.5 Å². The van der Waals surface area contributed by atoms with Crippen molar-refractivity contribution < 1.29 is 27.9 Å². The molecule has 8 nitrogen and oxygen atoms in total. The van der Waals surface area contributed by atoms with Crippen LogP contribution in [0.1, 0.15) is 29.0 Å². The molecule has 0 bridgehead atoms. The molecule has 0 fully saturated rings. The van der Waals surface area contributed by atoms with Gasteiger partial charge in [0.2, 0.25) is 10.0 Å². The summed E-state index contributed by atoms with van der Waals surface area (Å²) in [5, 5.41) is 11.3. The number of ether oxygens (including phenoxy) is 1. The Morgan fingerprint density at radius 3 is 2.14 bits per heavy atom. The maximum Gasteiger partial charge on any atom is 0.407 e. The van der Waals surface area contributed by atoms with Crippen LogP contribution < -0.4 is 10.0 Å². The molecule has 1 amide bonds. The number of hydrogen-bond donors (Lipinski definition) is 3. The number of alkyl carbamates (subject to hydrolysis) is 1. The lowest BCUT2D eigenvalue weighted by atomic mass is 9.98. The average Bonchev–Trinajstić information content (AvgIpc) is 3.20. The van der Waals surface area contributed by atoms with Gasteiger partial charge in [-0.15, -0.1) is 0 Å². The average molecular weight is 505 g/mol. The summed E-state index contributed by atoms with van der Waals surface area (Å²) in [6, 6.07) is 22.0. The lowest BCUT2D eigenvalue weighted by Gasteiger charge is -2.14. The Bertz CT molecular complexity index is 1390. The van der Waals surface area contributed by atoms with Gasteiger partial charge in [0.25, 0.3) is 0 Å². The summed E-state index contributed by atoms with van der Waals surface area (Å²) in [5.41, 5.74) is 5.22. The maximum absolute atomic E-state index is 12.2. The van der Waals surface area contributed by atoms with Crippen LogP contribution in [0, 0.1) is 11.8 Å². The summed E-state index contributed by atoms with van der Waals surface area (Å²) >= 11 is 0. The number of carbonyl (C=O) groups is 2. The first kappa shape index (κ1) is 25.0. The SMILES string of the molecule is O=C(O)CNS(=O)(=O)c1ccc(C#CCCNC(=O)OCC2c3ccccc3-c3ccccc32)cc1. The van der Waals surface area contributed by atoms with E-state index in [1.165, 1.54) is 35.4 Å². The van der Waals surface area contributed by atoms with Crippen LogP contribution in [0.3, 0.4) is 0 Å². The zero-order chi connectivity index (χ0) is 25.5. The lowest BCUT2D eigenvalue weighted by molar-refractivity contribution is -0.135. The lowest BCUT2D eigenvalue weighted by Crippen LogP contribution is -2.29. The summed E-state index contributed by atoms with van der Waals surface area (Å²) in [7, 11) is -3.90. The first-order valence-electron chi connectivity index (χ1n) is 11.2. The molecule has 0 heterocycles. The molecule has 36 heavy (non-hydrogen) atoms. The standard InChI is InChI=1S/C27H24N2O6S/c30-26(31)17-29-36(33,34)20-14-12-19(13-15-20)7-5-6-16-28-27(32)35-18-25-23-10-3-1-8-21(23)22-9-2-4-11-24(22)25/h1-4,8-15,25,29H,6,16-18H2,(H,28,32)(H,30,31). The van der Waals surface area contributed by atoms with Crippen molar-refractivity contribution in [3.8, 4) is 23.0 Å². The van der Waals surface area contributed by atoms with Gasteiger partial charge in [0.15, 0.2) is 0 Å². The summed E-state index contributed by atoms with van der Waals surface area (Å²) in [5.74, 6) is 4.53. The van der Waals surface area contributed by atoms with Crippen LogP contribution in [0.5, 0.6) is 0 Å². The van der Waals surface area contributed by atoms with Crippen LogP contribution >= 0.6 is 0 Å². The fourth-order valence-corrected chi connectivity index (χ4v) is 4.97. The van der Waals surface area contributed by atoms with E-state index >= 15 is 0 Å². The molecule has 0 radical (unpaired) electrons. The third-order valence-electron chi connectivity index (χ3n) is 5.67. The van der Waals surface area contributed by atoms with Crippen LogP contribution in [-0.4, -0.2) is 45.3 Å². The van der Waals surface area contributed by atoms with Crippen molar-refractivity contribution in [2.24, 2.45) is 0 Å². The van der Waals surface area contributed by atoms with Gasteiger partial charge < -0.3 is 15.2 Å². The predicted octanol–water partition coefficient (Wildman–Crippen LogP) is 3.33. The van der Waals surface area contributed by atoms with Crippen LogP contribution in [-0.2, 0) is 19.6 Å². The molecule has 184 valence electrons. The molecule has 4 rings (SSSR count). The highest BCUT2D eigenvalue weighted by Gasteiger charge is 2.28. The third kappa shape index (κ3) is 5.92. The Morgan fingerprint density at radius 2 is 1.53 bits per heavy atom. The number of carboxylic acids is 1. The molecule has 1 aliphatic rings. The second-order valence-electron chi connectivity index (χ2n) is 8.05. The van der Waals surface area contributed by atoms with E-state index < -0.39 is 28.6 Å². The van der Waals surface area contributed by atoms with Gasteiger partial charge in [-0.3, -0.25) is 4.79 Å². The Balaban J connectivity index is 1.24. The second kappa shape index (κ2) is 11.1. The monoisotopic (exact) mass is 504 g/mol. The largest absolute Gasteiger partial charge is 0.480 e.